The quantitative estimate of drug-likeness (QED) is 0.605. The Balaban J connectivity index is 1.52. The van der Waals surface area contributed by atoms with Crippen LogP contribution in [0.5, 0.6) is 0 Å². The van der Waals surface area contributed by atoms with E-state index in [1.807, 2.05) is 18.2 Å². The zero-order valence-electron chi connectivity index (χ0n) is 17.6. The number of hydrogen-bond acceptors (Lipinski definition) is 6. The van der Waals surface area contributed by atoms with Gasteiger partial charge in [0.05, 0.1) is 10.6 Å². The van der Waals surface area contributed by atoms with Gasteiger partial charge in [0.2, 0.25) is 0 Å². The third kappa shape index (κ3) is 6.28. The lowest BCUT2D eigenvalue weighted by atomic mass is 10.1. The summed E-state index contributed by atoms with van der Waals surface area (Å²) in [6.07, 6.45) is 2.08. The first-order valence-corrected chi connectivity index (χ1v) is 12.1. The van der Waals surface area contributed by atoms with Crippen LogP contribution in [0, 0.1) is 0 Å². The molecule has 1 aliphatic rings. The number of primary amides is 1. The lowest BCUT2D eigenvalue weighted by Crippen LogP contribution is -2.46. The summed E-state index contributed by atoms with van der Waals surface area (Å²) >= 11 is 0. The van der Waals surface area contributed by atoms with Crippen LogP contribution in [0.25, 0.3) is 0 Å². The average molecular weight is 445 g/mol. The molecule has 0 atom stereocenters. The minimum Gasteiger partial charge on any atom is -0.369 e. The van der Waals surface area contributed by atoms with E-state index in [9.17, 15) is 18.0 Å². The van der Waals surface area contributed by atoms with Gasteiger partial charge < -0.3 is 16.0 Å². The number of ketones is 1. The van der Waals surface area contributed by atoms with Gasteiger partial charge in [0.15, 0.2) is 15.6 Å². The van der Waals surface area contributed by atoms with Crippen molar-refractivity contribution in [3.8, 4) is 0 Å². The summed E-state index contributed by atoms with van der Waals surface area (Å²) < 4.78 is 23.8. The van der Waals surface area contributed by atoms with Crippen molar-refractivity contribution >= 4 is 33.0 Å². The molecule has 0 aromatic heterocycles. The first-order chi connectivity index (χ1) is 14.7. The van der Waals surface area contributed by atoms with Gasteiger partial charge in [-0.1, -0.05) is 18.2 Å². The van der Waals surface area contributed by atoms with Crippen LogP contribution < -0.4 is 16.0 Å². The van der Waals surface area contributed by atoms with E-state index in [0.29, 0.717) is 18.4 Å². The maximum atomic E-state index is 12.6. The highest BCUT2D eigenvalue weighted by Crippen LogP contribution is 2.24. The van der Waals surface area contributed by atoms with Crippen molar-refractivity contribution in [2.45, 2.75) is 17.7 Å². The minimum atomic E-state index is -3.57. The summed E-state index contributed by atoms with van der Waals surface area (Å²) in [7, 11) is -3.57. The molecule has 0 saturated carbocycles. The molecule has 1 heterocycles. The number of anilines is 2. The molecule has 2 aromatic carbocycles. The van der Waals surface area contributed by atoms with Crippen LogP contribution in [-0.2, 0) is 9.84 Å². The number of nitrogens with two attached hydrogens (primary N) is 1. The van der Waals surface area contributed by atoms with Crippen molar-refractivity contribution < 1.29 is 18.0 Å². The molecule has 8 nitrogen and oxygen atoms in total. The molecule has 2 aromatic rings. The van der Waals surface area contributed by atoms with Crippen LogP contribution in [0.15, 0.2) is 53.4 Å². The molecule has 9 heteroatoms. The number of amides is 2. The van der Waals surface area contributed by atoms with E-state index in [1.54, 1.807) is 0 Å². The van der Waals surface area contributed by atoms with Gasteiger partial charge in [-0.2, -0.15) is 0 Å². The van der Waals surface area contributed by atoms with Crippen LogP contribution in [0.3, 0.4) is 0 Å². The second kappa shape index (κ2) is 9.93. The van der Waals surface area contributed by atoms with E-state index in [-0.39, 0.29) is 16.4 Å². The standard InChI is InChI=1S/C22H28N4O4S/c1-31(29,30)21-10-9-17(16-19(21)24-22(23)28)20(27)8-5-11-25-12-14-26(15-13-25)18-6-3-2-4-7-18/h2-4,6-7,9-10,16H,5,8,11-15H2,1H3,(H3,23,24,28). The van der Waals surface area contributed by atoms with E-state index >= 15 is 0 Å². The highest BCUT2D eigenvalue weighted by molar-refractivity contribution is 7.90. The highest BCUT2D eigenvalue weighted by atomic mass is 32.2. The van der Waals surface area contributed by atoms with Crippen LogP contribution >= 0.6 is 0 Å². The number of sulfone groups is 1. The fourth-order valence-corrected chi connectivity index (χ4v) is 4.56. The fraction of sp³-hybridized carbons (Fsp3) is 0.364. The third-order valence-corrected chi connectivity index (χ3v) is 6.49. The molecule has 166 valence electrons. The Morgan fingerprint density at radius 3 is 2.32 bits per heavy atom. The lowest BCUT2D eigenvalue weighted by Gasteiger charge is -2.36. The lowest BCUT2D eigenvalue weighted by molar-refractivity contribution is 0.0974. The Labute approximate surface area is 182 Å². The largest absolute Gasteiger partial charge is 0.369 e. The summed E-state index contributed by atoms with van der Waals surface area (Å²) in [4.78, 5) is 28.5. The SMILES string of the molecule is CS(=O)(=O)c1ccc(C(=O)CCCN2CCN(c3ccccc3)CC2)cc1NC(N)=O. The number of para-hydroxylation sites is 1. The van der Waals surface area contributed by atoms with E-state index < -0.39 is 15.9 Å². The summed E-state index contributed by atoms with van der Waals surface area (Å²) in [6, 6.07) is 13.6. The van der Waals surface area contributed by atoms with Gasteiger partial charge in [-0.25, -0.2) is 13.2 Å². The highest BCUT2D eigenvalue weighted by Gasteiger charge is 2.19. The maximum Gasteiger partial charge on any atom is 0.316 e. The molecule has 31 heavy (non-hydrogen) atoms. The maximum absolute atomic E-state index is 12.6. The van der Waals surface area contributed by atoms with Crippen molar-refractivity contribution in [1.29, 1.82) is 0 Å². The Morgan fingerprint density at radius 2 is 1.71 bits per heavy atom. The fourth-order valence-electron chi connectivity index (χ4n) is 3.73. The number of urea groups is 1. The van der Waals surface area contributed by atoms with Gasteiger partial charge >= 0.3 is 6.03 Å². The molecule has 2 amide bonds. The van der Waals surface area contributed by atoms with E-state index in [1.165, 1.54) is 23.9 Å². The van der Waals surface area contributed by atoms with Crippen LogP contribution in [0.4, 0.5) is 16.2 Å². The molecule has 0 bridgehead atoms. The number of nitrogens with zero attached hydrogens (tertiary/aromatic N) is 2. The first kappa shape index (κ1) is 22.8. The monoisotopic (exact) mass is 444 g/mol. The molecule has 0 aliphatic carbocycles. The molecular weight excluding hydrogens is 416 g/mol. The summed E-state index contributed by atoms with van der Waals surface area (Å²) in [6.45, 7) is 4.61. The predicted molar refractivity (Wildman–Crippen MR) is 121 cm³/mol. The smallest absolute Gasteiger partial charge is 0.316 e. The van der Waals surface area contributed by atoms with Gasteiger partial charge in [-0.3, -0.25) is 9.69 Å². The summed E-state index contributed by atoms with van der Waals surface area (Å²) in [5.41, 5.74) is 6.74. The number of benzene rings is 2. The molecule has 3 rings (SSSR count). The number of nitrogens with one attached hydrogen (secondary N) is 1. The molecule has 0 radical (unpaired) electrons. The Morgan fingerprint density at radius 1 is 1.03 bits per heavy atom. The van der Waals surface area contributed by atoms with Crippen molar-refractivity contribution in [2.75, 3.05) is 49.2 Å². The number of hydrogen-bond donors (Lipinski definition) is 2. The number of carbonyl (C=O) groups is 2. The number of Topliss-reactive ketones (excluding diaryl/α,β-unsaturated/α-hetero) is 1. The molecule has 0 unspecified atom stereocenters. The Kier molecular flexibility index (Phi) is 7.29. The van der Waals surface area contributed by atoms with Crippen LogP contribution in [0.2, 0.25) is 0 Å². The molecule has 3 N–H and O–H groups in total. The van der Waals surface area contributed by atoms with Crippen molar-refractivity contribution in [3.63, 3.8) is 0 Å². The normalized spacial score (nSPS) is 14.9. The van der Waals surface area contributed by atoms with Crippen molar-refractivity contribution in [2.24, 2.45) is 5.73 Å². The van der Waals surface area contributed by atoms with Gasteiger partial charge in [-0.05, 0) is 43.3 Å². The van der Waals surface area contributed by atoms with E-state index in [2.05, 4.69) is 27.2 Å². The molecule has 1 aliphatic heterocycles. The molecule has 1 fully saturated rings. The molecule has 0 spiro atoms. The van der Waals surface area contributed by atoms with E-state index in [0.717, 1.165) is 39.0 Å². The number of rotatable bonds is 8. The predicted octanol–water partition coefficient (Wildman–Crippen LogP) is 2.37. The first-order valence-electron chi connectivity index (χ1n) is 10.2. The summed E-state index contributed by atoms with van der Waals surface area (Å²) in [5, 5.41) is 2.30. The van der Waals surface area contributed by atoms with Gasteiger partial charge in [-0.15, -0.1) is 0 Å². The van der Waals surface area contributed by atoms with Crippen molar-refractivity contribution in [1.82, 2.24) is 4.90 Å². The third-order valence-electron chi connectivity index (χ3n) is 5.33. The topological polar surface area (TPSA) is 113 Å². The van der Waals surface area contributed by atoms with Gasteiger partial charge in [0.1, 0.15) is 0 Å². The zero-order valence-corrected chi connectivity index (χ0v) is 18.4. The number of carbonyl (C=O) groups excluding carboxylic acids is 2. The van der Waals surface area contributed by atoms with Crippen LogP contribution in [0.1, 0.15) is 23.2 Å². The summed E-state index contributed by atoms with van der Waals surface area (Å²) in [5.74, 6) is -0.101. The number of piperazine rings is 1. The Hall–Kier alpha value is -2.91. The molecule has 1 saturated heterocycles. The van der Waals surface area contributed by atoms with E-state index in [4.69, 9.17) is 5.73 Å². The zero-order chi connectivity index (χ0) is 22.4. The van der Waals surface area contributed by atoms with Gasteiger partial charge in [0.25, 0.3) is 0 Å². The van der Waals surface area contributed by atoms with Crippen molar-refractivity contribution in [3.05, 3.63) is 54.1 Å². The molecular formula is C22H28N4O4S. The second-order valence-corrected chi connectivity index (χ2v) is 9.65. The van der Waals surface area contributed by atoms with Gasteiger partial charge in [0, 0.05) is 50.1 Å². The Bertz CT molecular complexity index is 1030. The van der Waals surface area contributed by atoms with Crippen LogP contribution in [-0.4, -0.2) is 64.1 Å². The minimum absolute atomic E-state index is 0.0258. The second-order valence-electron chi connectivity index (χ2n) is 7.66. The average Bonchev–Trinajstić information content (AvgIpc) is 2.73.